The van der Waals surface area contributed by atoms with E-state index >= 15 is 0 Å². The van der Waals surface area contributed by atoms with Crippen molar-refractivity contribution in [1.82, 2.24) is 20.3 Å². The second-order valence-electron chi connectivity index (χ2n) is 5.62. The van der Waals surface area contributed by atoms with E-state index in [1.165, 1.54) is 5.56 Å². The van der Waals surface area contributed by atoms with Crippen molar-refractivity contribution in [2.75, 3.05) is 30.3 Å². The molecule has 23 heavy (non-hydrogen) atoms. The highest BCUT2D eigenvalue weighted by Gasteiger charge is 2.24. The van der Waals surface area contributed by atoms with Crippen LogP contribution in [0, 0.1) is 0 Å². The molecule has 2 aromatic heterocycles. The molecule has 0 amide bonds. The third kappa shape index (κ3) is 2.66. The van der Waals surface area contributed by atoms with E-state index in [1.54, 1.807) is 0 Å². The van der Waals surface area contributed by atoms with Gasteiger partial charge in [-0.25, -0.2) is 0 Å². The summed E-state index contributed by atoms with van der Waals surface area (Å²) in [6, 6.07) is 10.6. The molecule has 7 heteroatoms. The number of piperazine rings is 1. The minimum atomic E-state index is 0.240. The molecule has 0 spiro atoms. The number of aromatic nitrogens is 3. The molecule has 0 radical (unpaired) electrons. The Morgan fingerprint density at radius 1 is 1.22 bits per heavy atom. The molecule has 1 aromatic carbocycles. The Kier molecular flexibility index (Phi) is 3.66. The van der Waals surface area contributed by atoms with E-state index in [2.05, 4.69) is 59.3 Å². The van der Waals surface area contributed by atoms with Gasteiger partial charge in [0.25, 0.3) is 0 Å². The first-order valence-corrected chi connectivity index (χ1v) is 8.35. The number of benzene rings is 1. The number of anilines is 2. The Morgan fingerprint density at radius 2 is 2.09 bits per heavy atom. The molecule has 3 aromatic rings. The normalized spacial score (nSPS) is 18.5. The number of H-pyrrole nitrogens is 1. The highest BCUT2D eigenvalue weighted by atomic mass is 79.9. The zero-order chi connectivity index (χ0) is 15.8. The van der Waals surface area contributed by atoms with Gasteiger partial charge in [0.05, 0.1) is 11.4 Å². The van der Waals surface area contributed by atoms with Crippen molar-refractivity contribution in [2.45, 2.75) is 6.04 Å². The predicted molar refractivity (Wildman–Crippen MR) is 95.4 cm³/mol. The van der Waals surface area contributed by atoms with Crippen LogP contribution in [-0.2, 0) is 0 Å². The Balaban J connectivity index is 1.69. The number of rotatable bonds is 2. The largest absolute Gasteiger partial charge is 0.368 e. The van der Waals surface area contributed by atoms with E-state index in [0.717, 1.165) is 41.0 Å². The molecule has 1 aliphatic heterocycles. The Morgan fingerprint density at radius 3 is 2.96 bits per heavy atom. The number of halogens is 1. The third-order valence-corrected chi connectivity index (χ3v) is 4.89. The Bertz CT molecular complexity index is 845. The fourth-order valence-electron chi connectivity index (χ4n) is 3.09. The lowest BCUT2D eigenvalue weighted by atomic mass is 10.0. The minimum Gasteiger partial charge on any atom is -0.368 e. The maximum atomic E-state index is 5.87. The average molecular weight is 373 g/mol. The molecule has 6 nitrogen and oxygen atoms in total. The van der Waals surface area contributed by atoms with Crippen LogP contribution in [0.5, 0.6) is 0 Å². The van der Waals surface area contributed by atoms with Gasteiger partial charge in [-0.3, -0.25) is 0 Å². The molecule has 0 unspecified atom stereocenters. The standard InChI is InChI=1S/C16H17BrN6/c17-12-4-2-1-3-10(12)13-9-23(8-7-19-13)15-11-5-6-20-14(11)21-16(18)22-15/h1-6,13,19H,7-9H2,(H3,18,20,21,22)/t13-/m0/s1. The molecule has 1 saturated heterocycles. The van der Waals surface area contributed by atoms with Crippen molar-refractivity contribution in [1.29, 1.82) is 0 Å². The summed E-state index contributed by atoms with van der Waals surface area (Å²) < 4.78 is 1.12. The van der Waals surface area contributed by atoms with Crippen molar-refractivity contribution >= 4 is 38.7 Å². The van der Waals surface area contributed by atoms with Crippen LogP contribution in [0.25, 0.3) is 11.0 Å². The molecule has 118 valence electrons. The van der Waals surface area contributed by atoms with Crippen LogP contribution in [0.2, 0.25) is 0 Å². The van der Waals surface area contributed by atoms with Gasteiger partial charge in [0.2, 0.25) is 5.95 Å². The molecule has 1 aliphatic rings. The van der Waals surface area contributed by atoms with Crippen LogP contribution in [0.1, 0.15) is 11.6 Å². The summed E-state index contributed by atoms with van der Waals surface area (Å²) in [5.74, 6) is 1.19. The van der Waals surface area contributed by atoms with Gasteiger partial charge >= 0.3 is 0 Å². The van der Waals surface area contributed by atoms with Crippen LogP contribution in [0.15, 0.2) is 41.0 Å². The Labute approximate surface area is 142 Å². The number of aromatic amines is 1. The van der Waals surface area contributed by atoms with Crippen LogP contribution >= 0.6 is 15.9 Å². The number of hydrogen-bond acceptors (Lipinski definition) is 5. The van der Waals surface area contributed by atoms with Crippen LogP contribution in [0.3, 0.4) is 0 Å². The second kappa shape index (κ2) is 5.82. The van der Waals surface area contributed by atoms with Gasteiger partial charge in [-0.05, 0) is 17.7 Å². The van der Waals surface area contributed by atoms with Crippen LogP contribution in [-0.4, -0.2) is 34.6 Å². The quantitative estimate of drug-likeness (QED) is 0.643. The summed E-state index contributed by atoms with van der Waals surface area (Å²) in [5.41, 5.74) is 7.90. The molecule has 0 aliphatic carbocycles. The molecule has 3 heterocycles. The van der Waals surface area contributed by atoms with Gasteiger partial charge in [0.15, 0.2) is 0 Å². The van der Waals surface area contributed by atoms with Crippen LogP contribution in [0.4, 0.5) is 11.8 Å². The first-order valence-electron chi connectivity index (χ1n) is 7.56. The first kappa shape index (κ1) is 14.5. The average Bonchev–Trinajstić information content (AvgIpc) is 3.03. The maximum Gasteiger partial charge on any atom is 0.223 e. The van der Waals surface area contributed by atoms with Gasteiger partial charge in [0.1, 0.15) is 11.5 Å². The molecule has 1 fully saturated rings. The highest BCUT2D eigenvalue weighted by Crippen LogP contribution is 2.30. The number of nitrogen functional groups attached to an aromatic ring is 1. The molecular weight excluding hydrogens is 356 g/mol. The van der Waals surface area contributed by atoms with Gasteiger partial charge in [-0.2, -0.15) is 9.97 Å². The predicted octanol–water partition coefficient (Wildman–Crippen LogP) is 2.45. The maximum absolute atomic E-state index is 5.87. The van der Waals surface area contributed by atoms with Crippen molar-refractivity contribution in [2.24, 2.45) is 0 Å². The van der Waals surface area contributed by atoms with E-state index in [-0.39, 0.29) is 6.04 Å². The summed E-state index contributed by atoms with van der Waals surface area (Å²) in [5, 5.41) is 4.58. The van der Waals surface area contributed by atoms with Gasteiger partial charge in [-0.15, -0.1) is 0 Å². The fourth-order valence-corrected chi connectivity index (χ4v) is 3.65. The molecular formula is C16H17BrN6. The lowest BCUT2D eigenvalue weighted by molar-refractivity contribution is 0.469. The molecule has 0 saturated carbocycles. The smallest absolute Gasteiger partial charge is 0.223 e. The van der Waals surface area contributed by atoms with E-state index in [1.807, 2.05) is 18.3 Å². The minimum absolute atomic E-state index is 0.240. The first-order chi connectivity index (χ1) is 11.2. The number of hydrogen-bond donors (Lipinski definition) is 3. The monoisotopic (exact) mass is 372 g/mol. The molecule has 4 rings (SSSR count). The Hall–Kier alpha value is -2.12. The lowest BCUT2D eigenvalue weighted by Crippen LogP contribution is -2.46. The van der Waals surface area contributed by atoms with E-state index in [4.69, 9.17) is 5.73 Å². The van der Waals surface area contributed by atoms with Crippen LogP contribution < -0.4 is 16.0 Å². The third-order valence-electron chi connectivity index (χ3n) is 4.17. The fraction of sp³-hybridized carbons (Fsp3) is 0.250. The summed E-state index contributed by atoms with van der Waals surface area (Å²) in [7, 11) is 0. The molecule has 1 atom stereocenters. The molecule has 0 bridgehead atoms. The lowest BCUT2D eigenvalue weighted by Gasteiger charge is -2.35. The van der Waals surface area contributed by atoms with Gasteiger partial charge in [0, 0.05) is 30.3 Å². The summed E-state index contributed by atoms with van der Waals surface area (Å²) in [6.45, 7) is 2.61. The van der Waals surface area contributed by atoms with E-state index < -0.39 is 0 Å². The SMILES string of the molecule is Nc1nc(N2CCN[C@H](c3ccccc3Br)C2)c2cc[nH]c2n1. The van der Waals surface area contributed by atoms with Gasteiger partial charge < -0.3 is 20.9 Å². The highest BCUT2D eigenvalue weighted by molar-refractivity contribution is 9.10. The number of nitrogens with one attached hydrogen (secondary N) is 2. The van der Waals surface area contributed by atoms with E-state index in [9.17, 15) is 0 Å². The van der Waals surface area contributed by atoms with Crippen molar-refractivity contribution in [3.05, 3.63) is 46.6 Å². The summed E-state index contributed by atoms with van der Waals surface area (Å²) >= 11 is 3.64. The topological polar surface area (TPSA) is 82.9 Å². The summed E-state index contributed by atoms with van der Waals surface area (Å²) in [6.07, 6.45) is 1.87. The zero-order valence-corrected chi connectivity index (χ0v) is 14.0. The van der Waals surface area contributed by atoms with Crippen molar-refractivity contribution in [3.63, 3.8) is 0 Å². The molecule has 4 N–H and O–H groups in total. The zero-order valence-electron chi connectivity index (χ0n) is 12.5. The van der Waals surface area contributed by atoms with Gasteiger partial charge in [-0.1, -0.05) is 34.1 Å². The second-order valence-corrected chi connectivity index (χ2v) is 6.47. The van der Waals surface area contributed by atoms with Crippen molar-refractivity contribution < 1.29 is 0 Å². The number of nitrogens with two attached hydrogens (primary N) is 1. The number of nitrogens with zero attached hydrogens (tertiary/aromatic N) is 3. The summed E-state index contributed by atoms with van der Waals surface area (Å²) in [4.78, 5) is 14.1. The van der Waals surface area contributed by atoms with E-state index in [0.29, 0.717) is 5.95 Å². The number of fused-ring (bicyclic) bond motifs is 1. The van der Waals surface area contributed by atoms with Crippen molar-refractivity contribution in [3.8, 4) is 0 Å².